The van der Waals surface area contributed by atoms with E-state index in [1.165, 1.54) is 17.7 Å². The van der Waals surface area contributed by atoms with Gasteiger partial charge >= 0.3 is 0 Å². The van der Waals surface area contributed by atoms with Crippen LogP contribution in [0.4, 0.5) is 11.4 Å². The molecule has 6 nitrogen and oxygen atoms in total. The lowest BCUT2D eigenvalue weighted by Crippen LogP contribution is -2.17. The number of nitro groups is 1. The number of rotatable bonds is 5. The Kier molecular flexibility index (Phi) is 4.75. The Morgan fingerprint density at radius 3 is 2.62 bits per heavy atom. The second-order valence-corrected chi connectivity index (χ2v) is 6.18. The van der Waals surface area contributed by atoms with E-state index in [-0.39, 0.29) is 11.6 Å². The van der Waals surface area contributed by atoms with Gasteiger partial charge in [-0.3, -0.25) is 14.9 Å². The first kappa shape index (κ1) is 17.7. The van der Waals surface area contributed by atoms with Crippen molar-refractivity contribution in [3.63, 3.8) is 0 Å². The van der Waals surface area contributed by atoms with Crippen LogP contribution in [-0.4, -0.2) is 15.4 Å². The average Bonchev–Trinajstić information content (AvgIpc) is 2.93. The van der Waals surface area contributed by atoms with Gasteiger partial charge in [-0.05, 0) is 49.6 Å². The summed E-state index contributed by atoms with van der Waals surface area (Å²) in [6.07, 6.45) is 0.932. The number of hydrogen-bond donors (Lipinski definition) is 1. The SMILES string of the molecule is CCc1ccc2c(c1)c(C)c(C(=O)Nc1cccc([N+](=O)[O-])c1)n2CC. The topological polar surface area (TPSA) is 77.2 Å². The van der Waals surface area contributed by atoms with E-state index in [1.807, 2.05) is 18.4 Å². The van der Waals surface area contributed by atoms with Gasteiger partial charge in [-0.15, -0.1) is 0 Å². The number of anilines is 1. The number of carbonyl (C=O) groups excluding carboxylic acids is 1. The van der Waals surface area contributed by atoms with E-state index in [4.69, 9.17) is 0 Å². The minimum atomic E-state index is -0.476. The molecule has 0 aliphatic heterocycles. The summed E-state index contributed by atoms with van der Waals surface area (Å²) in [6.45, 7) is 6.70. The molecule has 1 amide bonds. The lowest BCUT2D eigenvalue weighted by molar-refractivity contribution is -0.384. The van der Waals surface area contributed by atoms with Crippen LogP contribution in [0, 0.1) is 17.0 Å². The monoisotopic (exact) mass is 351 g/mol. The van der Waals surface area contributed by atoms with Crippen LogP contribution in [0.3, 0.4) is 0 Å². The van der Waals surface area contributed by atoms with E-state index in [0.717, 1.165) is 22.9 Å². The molecule has 0 fully saturated rings. The summed E-state index contributed by atoms with van der Waals surface area (Å²) in [6, 6.07) is 12.2. The van der Waals surface area contributed by atoms with Crippen LogP contribution in [0.2, 0.25) is 0 Å². The molecule has 0 atom stereocenters. The number of carbonyl (C=O) groups is 1. The Hall–Kier alpha value is -3.15. The summed E-state index contributed by atoms with van der Waals surface area (Å²) in [5.41, 5.74) is 4.10. The Balaban J connectivity index is 2.04. The molecule has 0 aliphatic rings. The molecule has 1 aromatic heterocycles. The standard InChI is InChI=1S/C20H21N3O3/c1-4-14-9-10-18-17(11-14)13(3)19(22(18)5-2)20(24)21-15-7-6-8-16(12-15)23(25)26/h6-12H,4-5H2,1-3H3,(H,21,24). The zero-order valence-electron chi connectivity index (χ0n) is 15.1. The molecule has 3 aromatic rings. The van der Waals surface area contributed by atoms with Crippen molar-refractivity contribution in [2.75, 3.05) is 5.32 Å². The van der Waals surface area contributed by atoms with Gasteiger partial charge in [0.15, 0.2) is 0 Å². The number of aromatic nitrogens is 1. The van der Waals surface area contributed by atoms with Gasteiger partial charge in [0, 0.05) is 35.3 Å². The van der Waals surface area contributed by atoms with Gasteiger partial charge in [-0.25, -0.2) is 0 Å². The van der Waals surface area contributed by atoms with Crippen molar-refractivity contribution < 1.29 is 9.72 Å². The lowest BCUT2D eigenvalue weighted by atomic mass is 10.1. The number of amides is 1. The normalized spacial score (nSPS) is 10.9. The molecule has 3 rings (SSSR count). The summed E-state index contributed by atoms with van der Waals surface area (Å²) in [5.74, 6) is -0.265. The van der Waals surface area contributed by atoms with Crippen LogP contribution in [0.25, 0.3) is 10.9 Å². The molecule has 0 aliphatic carbocycles. The number of nitrogens with one attached hydrogen (secondary N) is 1. The van der Waals surface area contributed by atoms with E-state index >= 15 is 0 Å². The Morgan fingerprint density at radius 2 is 1.96 bits per heavy atom. The Labute approximate surface area is 151 Å². The number of aryl methyl sites for hydroxylation is 3. The second-order valence-electron chi connectivity index (χ2n) is 6.18. The van der Waals surface area contributed by atoms with Crippen molar-refractivity contribution in [1.82, 2.24) is 4.57 Å². The highest BCUT2D eigenvalue weighted by atomic mass is 16.6. The molecule has 1 N–H and O–H groups in total. The fourth-order valence-electron chi connectivity index (χ4n) is 3.30. The molecule has 0 radical (unpaired) electrons. The van der Waals surface area contributed by atoms with Crippen LogP contribution in [-0.2, 0) is 13.0 Å². The first-order valence-electron chi connectivity index (χ1n) is 8.63. The van der Waals surface area contributed by atoms with Crippen molar-refractivity contribution in [2.45, 2.75) is 33.7 Å². The predicted molar refractivity (Wildman–Crippen MR) is 103 cm³/mol. The third-order valence-electron chi connectivity index (χ3n) is 4.64. The predicted octanol–water partition coefficient (Wildman–Crippen LogP) is 4.69. The van der Waals surface area contributed by atoms with Gasteiger partial charge in [-0.2, -0.15) is 0 Å². The summed E-state index contributed by atoms with van der Waals surface area (Å²) in [5, 5.41) is 14.8. The second kappa shape index (κ2) is 7.00. The zero-order chi connectivity index (χ0) is 18.8. The summed E-state index contributed by atoms with van der Waals surface area (Å²) < 4.78 is 1.98. The summed E-state index contributed by atoms with van der Waals surface area (Å²) >= 11 is 0. The highest BCUT2D eigenvalue weighted by Crippen LogP contribution is 2.28. The number of non-ortho nitro benzene ring substituents is 1. The van der Waals surface area contributed by atoms with E-state index in [2.05, 4.69) is 30.4 Å². The van der Waals surface area contributed by atoms with Crippen LogP contribution < -0.4 is 5.32 Å². The molecule has 6 heteroatoms. The maximum atomic E-state index is 12.9. The fourth-order valence-corrected chi connectivity index (χ4v) is 3.30. The van der Waals surface area contributed by atoms with Crippen molar-refractivity contribution in [3.8, 4) is 0 Å². The van der Waals surface area contributed by atoms with E-state index in [9.17, 15) is 14.9 Å². The van der Waals surface area contributed by atoms with E-state index < -0.39 is 4.92 Å². The number of benzene rings is 2. The van der Waals surface area contributed by atoms with E-state index in [1.54, 1.807) is 12.1 Å². The molecule has 0 bridgehead atoms. The molecule has 1 heterocycles. The average molecular weight is 351 g/mol. The maximum Gasteiger partial charge on any atom is 0.272 e. The number of hydrogen-bond acceptors (Lipinski definition) is 3. The van der Waals surface area contributed by atoms with Crippen LogP contribution >= 0.6 is 0 Å². The van der Waals surface area contributed by atoms with Crippen molar-refractivity contribution in [2.24, 2.45) is 0 Å². The molecule has 0 unspecified atom stereocenters. The molecule has 134 valence electrons. The number of fused-ring (bicyclic) bond motifs is 1. The van der Waals surface area contributed by atoms with Gasteiger partial charge in [0.05, 0.1) is 4.92 Å². The Bertz CT molecular complexity index is 1000. The highest BCUT2D eigenvalue weighted by Gasteiger charge is 2.20. The van der Waals surface area contributed by atoms with Gasteiger partial charge < -0.3 is 9.88 Å². The first-order chi connectivity index (χ1) is 12.5. The van der Waals surface area contributed by atoms with Gasteiger partial charge in [0.2, 0.25) is 0 Å². The molecule has 26 heavy (non-hydrogen) atoms. The summed E-state index contributed by atoms with van der Waals surface area (Å²) in [4.78, 5) is 23.4. The first-order valence-corrected chi connectivity index (χ1v) is 8.63. The van der Waals surface area contributed by atoms with Crippen molar-refractivity contribution in [1.29, 1.82) is 0 Å². The highest BCUT2D eigenvalue weighted by molar-refractivity contribution is 6.08. The van der Waals surface area contributed by atoms with Crippen LogP contribution in [0.1, 0.15) is 35.5 Å². The van der Waals surface area contributed by atoms with Gasteiger partial charge in [0.1, 0.15) is 5.69 Å². The third-order valence-corrected chi connectivity index (χ3v) is 4.64. The molecular formula is C20H21N3O3. The Morgan fingerprint density at radius 1 is 1.19 bits per heavy atom. The molecule has 0 saturated heterocycles. The minimum absolute atomic E-state index is 0.0526. The molecule has 0 saturated carbocycles. The van der Waals surface area contributed by atoms with Crippen molar-refractivity contribution >= 4 is 28.2 Å². The largest absolute Gasteiger partial charge is 0.337 e. The van der Waals surface area contributed by atoms with Crippen LogP contribution in [0.5, 0.6) is 0 Å². The zero-order valence-corrected chi connectivity index (χ0v) is 15.1. The molecular weight excluding hydrogens is 330 g/mol. The van der Waals surface area contributed by atoms with Gasteiger partial charge in [0.25, 0.3) is 11.6 Å². The number of nitro benzene ring substituents is 1. The van der Waals surface area contributed by atoms with Crippen molar-refractivity contribution in [3.05, 3.63) is 69.4 Å². The fraction of sp³-hybridized carbons (Fsp3) is 0.250. The quantitative estimate of drug-likeness (QED) is 0.535. The van der Waals surface area contributed by atoms with E-state index in [0.29, 0.717) is 17.9 Å². The molecule has 0 spiro atoms. The van der Waals surface area contributed by atoms with Crippen LogP contribution in [0.15, 0.2) is 42.5 Å². The summed E-state index contributed by atoms with van der Waals surface area (Å²) in [7, 11) is 0. The smallest absolute Gasteiger partial charge is 0.272 e. The maximum absolute atomic E-state index is 12.9. The number of nitrogens with zero attached hydrogens (tertiary/aromatic N) is 2. The van der Waals surface area contributed by atoms with Gasteiger partial charge in [-0.1, -0.05) is 19.1 Å². The lowest BCUT2D eigenvalue weighted by Gasteiger charge is -2.10. The molecule has 2 aromatic carbocycles. The third kappa shape index (κ3) is 3.06. The minimum Gasteiger partial charge on any atom is -0.337 e.